The Kier molecular flexibility index (Phi) is 5.41. The van der Waals surface area contributed by atoms with Gasteiger partial charge in [-0.15, -0.1) is 0 Å². The Balaban J connectivity index is 1.40. The van der Waals surface area contributed by atoms with Gasteiger partial charge in [0.2, 0.25) is 5.91 Å². The molecule has 0 radical (unpaired) electrons. The van der Waals surface area contributed by atoms with Crippen LogP contribution in [0, 0.1) is 5.41 Å². The van der Waals surface area contributed by atoms with Gasteiger partial charge in [-0.25, -0.2) is 0 Å². The van der Waals surface area contributed by atoms with Crippen molar-refractivity contribution in [2.24, 2.45) is 5.41 Å². The van der Waals surface area contributed by atoms with Crippen molar-refractivity contribution in [3.8, 4) is 5.75 Å². The molecule has 3 rings (SSSR count). The molecule has 2 aliphatic rings. The zero-order valence-electron chi connectivity index (χ0n) is 14.1. The summed E-state index contributed by atoms with van der Waals surface area (Å²) in [6.45, 7) is 1.18. The Morgan fingerprint density at radius 2 is 2.12 bits per heavy atom. The number of aliphatic hydroxyl groups is 1. The SMILES string of the molecule is O=C(CC1CC2(CCCC2)CO1)NCCc1ccc(O)c(CO)c1. The number of ether oxygens (including phenoxy) is 1. The van der Waals surface area contributed by atoms with Gasteiger partial charge >= 0.3 is 0 Å². The van der Waals surface area contributed by atoms with Crippen LogP contribution in [-0.4, -0.2) is 35.4 Å². The first kappa shape index (κ1) is 17.2. The van der Waals surface area contributed by atoms with E-state index in [0.717, 1.165) is 18.6 Å². The molecule has 1 saturated carbocycles. The number of rotatable bonds is 6. The lowest BCUT2D eigenvalue weighted by molar-refractivity contribution is -0.123. The van der Waals surface area contributed by atoms with E-state index in [9.17, 15) is 9.90 Å². The molecule has 1 aromatic carbocycles. The average Bonchev–Trinajstić information content (AvgIpc) is 3.19. The number of aromatic hydroxyl groups is 1. The molecule has 1 aliphatic heterocycles. The van der Waals surface area contributed by atoms with Gasteiger partial charge in [-0.05, 0) is 48.8 Å². The van der Waals surface area contributed by atoms with Gasteiger partial charge in [0.25, 0.3) is 0 Å². The number of carbonyl (C=O) groups excluding carboxylic acids is 1. The van der Waals surface area contributed by atoms with E-state index in [1.807, 2.05) is 6.07 Å². The summed E-state index contributed by atoms with van der Waals surface area (Å²) in [5.74, 6) is 0.140. The molecule has 5 heteroatoms. The molecule has 0 bridgehead atoms. The molecule has 1 heterocycles. The molecule has 132 valence electrons. The van der Waals surface area contributed by atoms with Crippen molar-refractivity contribution in [1.29, 1.82) is 0 Å². The summed E-state index contributed by atoms with van der Waals surface area (Å²) in [5, 5.41) is 21.7. The molecular weight excluding hydrogens is 306 g/mol. The molecule has 1 amide bonds. The molecule has 3 N–H and O–H groups in total. The van der Waals surface area contributed by atoms with E-state index in [0.29, 0.717) is 30.4 Å². The number of amides is 1. The monoisotopic (exact) mass is 333 g/mol. The smallest absolute Gasteiger partial charge is 0.222 e. The normalized spacial score (nSPS) is 22.1. The molecule has 0 aromatic heterocycles. The highest BCUT2D eigenvalue weighted by atomic mass is 16.5. The zero-order chi connectivity index (χ0) is 17.0. The quantitative estimate of drug-likeness (QED) is 0.746. The number of hydrogen-bond acceptors (Lipinski definition) is 4. The van der Waals surface area contributed by atoms with Gasteiger partial charge in [0, 0.05) is 12.1 Å². The minimum absolute atomic E-state index is 0.0382. The number of benzene rings is 1. The van der Waals surface area contributed by atoms with Crippen LogP contribution >= 0.6 is 0 Å². The highest BCUT2D eigenvalue weighted by Gasteiger charge is 2.42. The summed E-state index contributed by atoms with van der Waals surface area (Å²) in [6.07, 6.45) is 7.30. The van der Waals surface area contributed by atoms with Crippen LogP contribution in [0.2, 0.25) is 0 Å². The molecule has 1 aromatic rings. The van der Waals surface area contributed by atoms with Crippen LogP contribution in [-0.2, 0) is 22.6 Å². The van der Waals surface area contributed by atoms with E-state index in [1.165, 1.54) is 25.7 Å². The highest BCUT2D eigenvalue weighted by molar-refractivity contribution is 5.76. The minimum atomic E-state index is -0.188. The fraction of sp³-hybridized carbons (Fsp3) is 0.632. The number of nitrogens with one attached hydrogen (secondary N) is 1. The van der Waals surface area contributed by atoms with E-state index in [-0.39, 0.29) is 24.4 Å². The Morgan fingerprint density at radius 3 is 2.88 bits per heavy atom. The minimum Gasteiger partial charge on any atom is -0.508 e. The lowest BCUT2D eigenvalue weighted by atomic mass is 9.83. The van der Waals surface area contributed by atoms with Crippen LogP contribution in [0.1, 0.15) is 49.7 Å². The third-order valence-electron chi connectivity index (χ3n) is 5.41. The van der Waals surface area contributed by atoms with Gasteiger partial charge < -0.3 is 20.3 Å². The molecule has 1 spiro atoms. The Hall–Kier alpha value is -1.59. The maximum Gasteiger partial charge on any atom is 0.222 e. The van der Waals surface area contributed by atoms with Gasteiger partial charge in [0.05, 0.1) is 25.7 Å². The first-order chi connectivity index (χ1) is 11.6. The van der Waals surface area contributed by atoms with Crippen LogP contribution in [0.4, 0.5) is 0 Å². The number of aliphatic hydroxyl groups excluding tert-OH is 1. The van der Waals surface area contributed by atoms with E-state index in [2.05, 4.69) is 5.32 Å². The van der Waals surface area contributed by atoms with Crippen LogP contribution in [0.3, 0.4) is 0 Å². The van der Waals surface area contributed by atoms with Gasteiger partial charge in [0.15, 0.2) is 0 Å². The Labute approximate surface area is 143 Å². The van der Waals surface area contributed by atoms with E-state index < -0.39 is 0 Å². The van der Waals surface area contributed by atoms with Crippen molar-refractivity contribution < 1.29 is 19.7 Å². The molecule has 1 aliphatic carbocycles. The van der Waals surface area contributed by atoms with E-state index in [1.54, 1.807) is 12.1 Å². The third kappa shape index (κ3) is 4.08. The van der Waals surface area contributed by atoms with Gasteiger partial charge in [-0.3, -0.25) is 4.79 Å². The first-order valence-corrected chi connectivity index (χ1v) is 8.90. The molecule has 2 fully saturated rings. The average molecular weight is 333 g/mol. The first-order valence-electron chi connectivity index (χ1n) is 8.90. The molecule has 24 heavy (non-hydrogen) atoms. The molecule has 5 nitrogen and oxygen atoms in total. The molecule has 1 unspecified atom stereocenters. The maximum atomic E-state index is 12.1. The van der Waals surface area contributed by atoms with Gasteiger partial charge in [-0.1, -0.05) is 18.9 Å². The Morgan fingerprint density at radius 1 is 1.33 bits per heavy atom. The summed E-state index contributed by atoms with van der Waals surface area (Å²) >= 11 is 0. The highest BCUT2D eigenvalue weighted by Crippen LogP contribution is 2.47. The van der Waals surface area contributed by atoms with Gasteiger partial charge in [0.1, 0.15) is 5.75 Å². The fourth-order valence-electron chi connectivity index (χ4n) is 4.05. The summed E-state index contributed by atoms with van der Waals surface area (Å²) in [4.78, 5) is 12.1. The summed E-state index contributed by atoms with van der Waals surface area (Å²) in [7, 11) is 0. The maximum absolute atomic E-state index is 12.1. The zero-order valence-corrected chi connectivity index (χ0v) is 14.1. The van der Waals surface area contributed by atoms with Crippen molar-refractivity contribution in [3.63, 3.8) is 0 Å². The van der Waals surface area contributed by atoms with Crippen molar-refractivity contribution in [3.05, 3.63) is 29.3 Å². The third-order valence-corrected chi connectivity index (χ3v) is 5.41. The van der Waals surface area contributed by atoms with E-state index >= 15 is 0 Å². The van der Waals surface area contributed by atoms with E-state index in [4.69, 9.17) is 9.84 Å². The number of phenols is 1. The van der Waals surface area contributed by atoms with Crippen LogP contribution in [0.5, 0.6) is 5.75 Å². The van der Waals surface area contributed by atoms with Crippen molar-refractivity contribution in [2.75, 3.05) is 13.2 Å². The number of carbonyl (C=O) groups is 1. The summed E-state index contributed by atoms with van der Waals surface area (Å²) in [6, 6.07) is 5.16. The van der Waals surface area contributed by atoms with Crippen LogP contribution < -0.4 is 5.32 Å². The second kappa shape index (κ2) is 7.53. The second-order valence-electron chi connectivity index (χ2n) is 7.27. The molecule has 1 saturated heterocycles. The largest absolute Gasteiger partial charge is 0.508 e. The number of hydrogen-bond donors (Lipinski definition) is 3. The summed E-state index contributed by atoms with van der Waals surface area (Å²) < 4.78 is 5.85. The fourth-order valence-corrected chi connectivity index (χ4v) is 4.05. The summed E-state index contributed by atoms with van der Waals surface area (Å²) in [5.41, 5.74) is 1.86. The van der Waals surface area contributed by atoms with Gasteiger partial charge in [-0.2, -0.15) is 0 Å². The molecular formula is C19H27NO4. The predicted octanol–water partition coefficient (Wildman–Crippen LogP) is 2.28. The lowest BCUT2D eigenvalue weighted by Gasteiger charge is -2.19. The second-order valence-corrected chi connectivity index (χ2v) is 7.27. The standard InChI is InChI=1S/C19H27NO4/c21-12-15-9-14(3-4-17(15)22)5-8-20-18(23)10-16-11-19(13-24-16)6-1-2-7-19/h3-4,9,16,21-22H,1-2,5-8,10-13H2,(H,20,23). The Bertz CT molecular complexity index is 581. The predicted molar refractivity (Wildman–Crippen MR) is 90.6 cm³/mol. The topological polar surface area (TPSA) is 78.8 Å². The van der Waals surface area contributed by atoms with Crippen molar-refractivity contribution in [1.82, 2.24) is 5.32 Å². The molecule has 1 atom stereocenters. The van der Waals surface area contributed by atoms with Crippen molar-refractivity contribution in [2.45, 2.75) is 57.7 Å². The van der Waals surface area contributed by atoms with Crippen molar-refractivity contribution >= 4 is 5.91 Å². The lowest BCUT2D eigenvalue weighted by Crippen LogP contribution is -2.29. The van der Waals surface area contributed by atoms with Crippen LogP contribution in [0.25, 0.3) is 0 Å². The van der Waals surface area contributed by atoms with Crippen LogP contribution in [0.15, 0.2) is 18.2 Å².